The van der Waals surface area contributed by atoms with Gasteiger partial charge in [0.25, 0.3) is 0 Å². The van der Waals surface area contributed by atoms with Gasteiger partial charge in [-0.2, -0.15) is 0 Å². The summed E-state index contributed by atoms with van der Waals surface area (Å²) in [6.45, 7) is 10.7. The van der Waals surface area contributed by atoms with Crippen molar-refractivity contribution in [2.45, 2.75) is 59.8 Å². The van der Waals surface area contributed by atoms with Crippen LogP contribution in [0.2, 0.25) is 0 Å². The van der Waals surface area contributed by atoms with E-state index in [9.17, 15) is 0 Å². The van der Waals surface area contributed by atoms with Crippen LogP contribution in [0.15, 0.2) is 0 Å². The molecule has 1 aliphatic carbocycles. The zero-order chi connectivity index (χ0) is 11.0. The summed E-state index contributed by atoms with van der Waals surface area (Å²) in [6, 6.07) is 0. The van der Waals surface area contributed by atoms with Crippen molar-refractivity contribution in [2.75, 3.05) is 20.1 Å². The third-order valence-electron chi connectivity index (χ3n) is 3.46. The van der Waals surface area contributed by atoms with Gasteiger partial charge in [0.2, 0.25) is 0 Å². The average Bonchev–Trinajstić information content (AvgIpc) is 2.23. The Morgan fingerprint density at radius 3 is 1.50 bits per heavy atom. The van der Waals surface area contributed by atoms with Gasteiger partial charge in [0, 0.05) is 0 Å². The third kappa shape index (κ3) is 3.61. The second kappa shape index (κ2) is 7.28. The van der Waals surface area contributed by atoms with Crippen molar-refractivity contribution < 1.29 is 0 Å². The van der Waals surface area contributed by atoms with E-state index in [0.717, 1.165) is 5.41 Å². The van der Waals surface area contributed by atoms with Gasteiger partial charge in [-0.1, -0.05) is 34.1 Å². The topological polar surface area (TPSA) is 3.24 Å². The van der Waals surface area contributed by atoms with Gasteiger partial charge in [-0.15, -0.1) is 0 Å². The monoisotopic (exact) mass is 199 g/mol. The molecule has 1 aliphatic heterocycles. The molecule has 86 valence electrons. The Hall–Kier alpha value is -0.0400. The van der Waals surface area contributed by atoms with E-state index in [1.165, 1.54) is 45.2 Å². The van der Waals surface area contributed by atoms with Crippen molar-refractivity contribution >= 4 is 0 Å². The summed E-state index contributed by atoms with van der Waals surface area (Å²) in [5, 5.41) is 0. The maximum Gasteiger partial charge on any atom is -0.00165 e. The minimum absolute atomic E-state index is 0.840. The van der Waals surface area contributed by atoms with Crippen LogP contribution in [0.1, 0.15) is 59.8 Å². The van der Waals surface area contributed by atoms with E-state index in [2.05, 4.69) is 11.9 Å². The van der Waals surface area contributed by atoms with E-state index in [1.807, 2.05) is 27.7 Å². The van der Waals surface area contributed by atoms with Gasteiger partial charge in [-0.05, 0) is 51.2 Å². The summed E-state index contributed by atoms with van der Waals surface area (Å²) in [5.41, 5.74) is 0.840. The number of likely N-dealkylation sites (tertiary alicyclic amines) is 1. The third-order valence-corrected chi connectivity index (χ3v) is 3.46. The summed E-state index contributed by atoms with van der Waals surface area (Å²) in [4.78, 5) is 2.46. The Labute approximate surface area is 90.9 Å². The minimum Gasteiger partial charge on any atom is -0.306 e. The molecule has 1 nitrogen and oxygen atoms in total. The minimum atomic E-state index is 0.840. The van der Waals surface area contributed by atoms with E-state index in [4.69, 9.17) is 0 Å². The van der Waals surface area contributed by atoms with Crippen LogP contribution in [0.3, 0.4) is 0 Å². The molecule has 2 fully saturated rings. The van der Waals surface area contributed by atoms with Crippen LogP contribution < -0.4 is 0 Å². The first-order valence-electron chi connectivity index (χ1n) is 6.49. The molecule has 0 aromatic rings. The molecule has 1 heterocycles. The number of rotatable bonds is 0. The number of hydrogen-bond acceptors (Lipinski definition) is 1. The maximum absolute atomic E-state index is 2.46. The molecule has 0 aromatic heterocycles. The molecule has 0 bridgehead atoms. The van der Waals surface area contributed by atoms with Gasteiger partial charge >= 0.3 is 0 Å². The molecule has 0 radical (unpaired) electrons. The molecule has 0 unspecified atom stereocenters. The van der Waals surface area contributed by atoms with Crippen LogP contribution in [0, 0.1) is 5.41 Å². The highest BCUT2D eigenvalue weighted by Gasteiger charge is 2.38. The van der Waals surface area contributed by atoms with Gasteiger partial charge < -0.3 is 4.90 Å². The lowest BCUT2D eigenvalue weighted by Crippen LogP contribution is -2.41. The first-order chi connectivity index (χ1) is 6.81. The number of nitrogens with zero attached hydrogens (tertiary/aromatic N) is 1. The second-order valence-electron chi connectivity index (χ2n) is 4.16. The molecule has 1 saturated heterocycles. The van der Waals surface area contributed by atoms with Crippen molar-refractivity contribution in [1.29, 1.82) is 0 Å². The Bertz CT molecular complexity index is 117. The molecule has 2 aliphatic rings. The zero-order valence-electron chi connectivity index (χ0n) is 10.9. The summed E-state index contributed by atoms with van der Waals surface area (Å²) in [5.74, 6) is 0. The summed E-state index contributed by atoms with van der Waals surface area (Å²) in [7, 11) is 2.24. The van der Waals surface area contributed by atoms with E-state index in [-0.39, 0.29) is 0 Å². The predicted molar refractivity (Wildman–Crippen MR) is 65.7 cm³/mol. The molecule has 0 amide bonds. The second-order valence-corrected chi connectivity index (χ2v) is 4.16. The Kier molecular flexibility index (Phi) is 7.26. The van der Waals surface area contributed by atoms with Gasteiger partial charge in [-0.25, -0.2) is 0 Å². The van der Waals surface area contributed by atoms with Gasteiger partial charge in [-0.3, -0.25) is 0 Å². The normalized spacial score (nSPS) is 23.8. The van der Waals surface area contributed by atoms with Crippen LogP contribution in [0.4, 0.5) is 0 Å². The Morgan fingerprint density at radius 1 is 0.786 bits per heavy atom. The molecule has 0 aromatic carbocycles. The Balaban J connectivity index is 0.000000379. The molecule has 2 rings (SSSR count). The van der Waals surface area contributed by atoms with Gasteiger partial charge in [0.15, 0.2) is 0 Å². The van der Waals surface area contributed by atoms with Gasteiger partial charge in [0.05, 0.1) is 0 Å². The van der Waals surface area contributed by atoms with E-state index < -0.39 is 0 Å². The number of hydrogen-bond donors (Lipinski definition) is 0. The van der Waals surface area contributed by atoms with Crippen molar-refractivity contribution in [3.8, 4) is 0 Å². The van der Waals surface area contributed by atoms with Crippen LogP contribution in [0.25, 0.3) is 0 Å². The van der Waals surface area contributed by atoms with E-state index >= 15 is 0 Å². The molecule has 1 saturated carbocycles. The molecule has 14 heavy (non-hydrogen) atoms. The van der Waals surface area contributed by atoms with Crippen LogP contribution >= 0.6 is 0 Å². The fourth-order valence-corrected chi connectivity index (χ4v) is 2.27. The van der Waals surface area contributed by atoms with Crippen molar-refractivity contribution in [3.63, 3.8) is 0 Å². The lowest BCUT2D eigenvalue weighted by molar-refractivity contribution is 0.0434. The van der Waals surface area contributed by atoms with Crippen molar-refractivity contribution in [3.05, 3.63) is 0 Å². The van der Waals surface area contributed by atoms with Crippen LogP contribution in [-0.2, 0) is 0 Å². The highest BCUT2D eigenvalue weighted by molar-refractivity contribution is 4.91. The summed E-state index contributed by atoms with van der Waals surface area (Å²) >= 11 is 0. The van der Waals surface area contributed by atoms with Gasteiger partial charge in [0.1, 0.15) is 0 Å². The van der Waals surface area contributed by atoms with E-state index in [1.54, 1.807) is 0 Å². The van der Waals surface area contributed by atoms with Crippen molar-refractivity contribution in [2.24, 2.45) is 5.41 Å². The van der Waals surface area contributed by atoms with Crippen LogP contribution in [0.5, 0.6) is 0 Å². The predicted octanol–water partition coefficient (Wildman–Crippen LogP) is 3.93. The maximum atomic E-state index is 2.46. The summed E-state index contributed by atoms with van der Waals surface area (Å²) < 4.78 is 0. The standard InChI is InChI=1S/C9H17N.2C2H6/c1-10-7-5-9(6-8-10)3-2-4-9;2*1-2/h2-8H2,1H3;2*1-2H3. The zero-order valence-corrected chi connectivity index (χ0v) is 10.9. The molecule has 0 atom stereocenters. The average molecular weight is 199 g/mol. The first kappa shape index (κ1) is 14.0. The highest BCUT2D eigenvalue weighted by Crippen LogP contribution is 2.48. The lowest BCUT2D eigenvalue weighted by Gasteiger charge is -2.47. The molecular weight excluding hydrogens is 170 g/mol. The van der Waals surface area contributed by atoms with Crippen LogP contribution in [-0.4, -0.2) is 25.0 Å². The smallest absolute Gasteiger partial charge is 0.00165 e. The first-order valence-corrected chi connectivity index (χ1v) is 6.49. The Morgan fingerprint density at radius 2 is 1.21 bits per heavy atom. The van der Waals surface area contributed by atoms with Crippen molar-refractivity contribution in [1.82, 2.24) is 4.90 Å². The fourth-order valence-electron chi connectivity index (χ4n) is 2.27. The quantitative estimate of drug-likeness (QED) is 0.571. The summed E-state index contributed by atoms with van der Waals surface area (Å²) in [6.07, 6.45) is 7.51. The SMILES string of the molecule is CC.CC.CN1CCC2(CCC2)CC1. The largest absolute Gasteiger partial charge is 0.306 e. The van der Waals surface area contributed by atoms with E-state index in [0.29, 0.717) is 0 Å². The molecule has 1 spiro atoms. The lowest BCUT2D eigenvalue weighted by atomic mass is 9.63. The molecular formula is C13H29N. The molecule has 1 heteroatoms. The highest BCUT2D eigenvalue weighted by atomic mass is 15.1. The fraction of sp³-hybridized carbons (Fsp3) is 1.00. The number of piperidine rings is 1. The molecule has 0 N–H and O–H groups in total.